The molecule has 0 aromatic carbocycles. The van der Waals surface area contributed by atoms with Crippen LogP contribution < -0.4 is 0 Å². The molecule has 0 amide bonds. The molecule has 0 fully saturated rings. The van der Waals surface area contributed by atoms with E-state index >= 15 is 0 Å². The number of unbranched alkanes of at least 4 members (excludes halogenated alkanes) is 1. The van der Waals surface area contributed by atoms with Crippen LogP contribution in [0.15, 0.2) is 30.3 Å². The van der Waals surface area contributed by atoms with E-state index in [0.29, 0.717) is 11.5 Å². The van der Waals surface area contributed by atoms with Crippen molar-refractivity contribution in [1.29, 1.82) is 0 Å². The molecule has 21 heavy (non-hydrogen) atoms. The monoisotopic (exact) mass is 284 g/mol. The molecule has 0 aliphatic heterocycles. The Morgan fingerprint density at radius 3 is 2.57 bits per heavy atom. The van der Waals surface area contributed by atoms with Crippen molar-refractivity contribution in [3.63, 3.8) is 0 Å². The molecule has 2 rings (SSSR count). The number of ether oxygens (including phenoxy) is 1. The third kappa shape index (κ3) is 3.26. The van der Waals surface area contributed by atoms with Crippen LogP contribution in [0.25, 0.3) is 11.1 Å². The molecule has 0 N–H and O–H groups in total. The first kappa shape index (κ1) is 15.6. The molecule has 2 heteroatoms. The van der Waals surface area contributed by atoms with Crippen LogP contribution in [0.3, 0.4) is 0 Å². The van der Waals surface area contributed by atoms with Gasteiger partial charge < -0.3 is 4.74 Å². The second-order valence-corrected chi connectivity index (χ2v) is 5.83. The standard InChI is InChI=1S/C19H24O2/c1-5-6-8-15-12-18(19(20)21-4)17-11-14(13(2)3)9-7-10-16(15)17/h7,9-13H,5-6,8H2,1-4H3. The van der Waals surface area contributed by atoms with Gasteiger partial charge in [-0.1, -0.05) is 51.5 Å². The summed E-state index contributed by atoms with van der Waals surface area (Å²) in [6.45, 7) is 6.52. The average molecular weight is 284 g/mol. The highest BCUT2D eigenvalue weighted by atomic mass is 16.5. The number of methoxy groups -OCH3 is 1. The lowest BCUT2D eigenvalue weighted by Gasteiger charge is -2.05. The number of carbonyl (C=O) groups is 1. The van der Waals surface area contributed by atoms with Crippen molar-refractivity contribution in [3.8, 4) is 11.1 Å². The third-order valence-electron chi connectivity index (χ3n) is 3.98. The molecule has 0 saturated carbocycles. The molecular formula is C19H24O2. The van der Waals surface area contributed by atoms with Crippen LogP contribution in [0.4, 0.5) is 0 Å². The topological polar surface area (TPSA) is 26.3 Å². The highest BCUT2D eigenvalue weighted by Gasteiger charge is 2.20. The van der Waals surface area contributed by atoms with Crippen molar-refractivity contribution in [2.45, 2.75) is 46.0 Å². The van der Waals surface area contributed by atoms with E-state index in [9.17, 15) is 4.79 Å². The van der Waals surface area contributed by atoms with E-state index in [-0.39, 0.29) is 5.97 Å². The first-order valence-corrected chi connectivity index (χ1v) is 7.72. The number of hydrogen-bond donors (Lipinski definition) is 0. The summed E-state index contributed by atoms with van der Waals surface area (Å²) < 4.78 is 4.95. The highest BCUT2D eigenvalue weighted by Crippen LogP contribution is 2.35. The van der Waals surface area contributed by atoms with Crippen molar-refractivity contribution in [3.05, 3.63) is 47.0 Å². The maximum Gasteiger partial charge on any atom is 0.338 e. The minimum Gasteiger partial charge on any atom is -0.465 e. The van der Waals surface area contributed by atoms with Crippen LogP contribution in [0.5, 0.6) is 0 Å². The van der Waals surface area contributed by atoms with Gasteiger partial charge in [0.25, 0.3) is 0 Å². The van der Waals surface area contributed by atoms with Gasteiger partial charge in [0.15, 0.2) is 0 Å². The summed E-state index contributed by atoms with van der Waals surface area (Å²) in [5.74, 6) is 0.184. The summed E-state index contributed by atoms with van der Waals surface area (Å²) in [6.07, 6.45) is 3.29. The van der Waals surface area contributed by atoms with Crippen LogP contribution in [0.2, 0.25) is 0 Å². The van der Waals surface area contributed by atoms with Gasteiger partial charge in [0.1, 0.15) is 0 Å². The second-order valence-electron chi connectivity index (χ2n) is 5.83. The van der Waals surface area contributed by atoms with Crippen molar-refractivity contribution in [1.82, 2.24) is 0 Å². The van der Waals surface area contributed by atoms with Crippen LogP contribution in [-0.4, -0.2) is 13.1 Å². The average Bonchev–Trinajstić information content (AvgIpc) is 2.67. The number of fused-ring (bicyclic) bond motifs is 1. The van der Waals surface area contributed by atoms with E-state index in [1.54, 1.807) is 0 Å². The predicted molar refractivity (Wildman–Crippen MR) is 87.1 cm³/mol. The van der Waals surface area contributed by atoms with Crippen LogP contribution in [-0.2, 0) is 11.2 Å². The fourth-order valence-corrected chi connectivity index (χ4v) is 2.68. The zero-order valence-electron chi connectivity index (χ0n) is 13.4. The Hall–Kier alpha value is -1.83. The summed E-state index contributed by atoms with van der Waals surface area (Å²) >= 11 is 0. The largest absolute Gasteiger partial charge is 0.465 e. The summed E-state index contributed by atoms with van der Waals surface area (Å²) in [5, 5.41) is 0. The Morgan fingerprint density at radius 2 is 1.95 bits per heavy atom. The molecule has 2 aliphatic carbocycles. The zero-order valence-corrected chi connectivity index (χ0v) is 13.4. The molecular weight excluding hydrogens is 260 g/mol. The molecule has 0 aromatic heterocycles. The van der Waals surface area contributed by atoms with Gasteiger partial charge in [-0.25, -0.2) is 4.79 Å². The molecule has 0 unspecified atom stereocenters. The maximum atomic E-state index is 12.1. The lowest BCUT2D eigenvalue weighted by molar-refractivity contribution is 0.0602. The number of carbonyl (C=O) groups excluding carboxylic acids is 1. The van der Waals surface area contributed by atoms with E-state index in [1.807, 2.05) is 6.07 Å². The maximum absolute atomic E-state index is 12.1. The summed E-state index contributed by atoms with van der Waals surface area (Å²) in [7, 11) is 1.44. The molecule has 2 aliphatic rings. The van der Waals surface area contributed by atoms with E-state index in [4.69, 9.17) is 4.74 Å². The van der Waals surface area contributed by atoms with Gasteiger partial charge in [0.05, 0.1) is 12.7 Å². The Bertz CT molecular complexity index is 599. The molecule has 112 valence electrons. The van der Waals surface area contributed by atoms with Crippen molar-refractivity contribution in [2.24, 2.45) is 0 Å². The second kappa shape index (κ2) is 6.75. The smallest absolute Gasteiger partial charge is 0.338 e. The van der Waals surface area contributed by atoms with Gasteiger partial charge >= 0.3 is 5.97 Å². The normalized spacial score (nSPS) is 11.1. The first-order valence-electron chi connectivity index (χ1n) is 7.72. The Labute approximate surface area is 127 Å². The van der Waals surface area contributed by atoms with Crippen LogP contribution in [0.1, 0.15) is 61.0 Å². The molecule has 0 bridgehead atoms. The molecule has 0 atom stereocenters. The molecule has 2 nitrogen and oxygen atoms in total. The lowest BCUT2D eigenvalue weighted by atomic mass is 10.0. The van der Waals surface area contributed by atoms with Gasteiger partial charge in [-0.2, -0.15) is 0 Å². The number of hydrogen-bond acceptors (Lipinski definition) is 2. The molecule has 0 heterocycles. The SMILES string of the molecule is CCCCc1cc(C(=O)OC)c2cc(C(C)C)cccc1-2. The fraction of sp³-hybridized carbons (Fsp3) is 0.421. The number of esters is 1. The Balaban J connectivity index is 2.59. The zero-order chi connectivity index (χ0) is 15.4. The highest BCUT2D eigenvalue weighted by molar-refractivity contribution is 6.00. The van der Waals surface area contributed by atoms with Crippen molar-refractivity contribution < 1.29 is 9.53 Å². The Kier molecular flexibility index (Phi) is 5.00. The predicted octanol–water partition coefficient (Wildman–Crippen LogP) is 5.04. The minimum atomic E-state index is -0.247. The fourth-order valence-electron chi connectivity index (χ4n) is 2.68. The molecule has 0 radical (unpaired) electrons. The van der Waals surface area contributed by atoms with Crippen LogP contribution in [0, 0.1) is 0 Å². The first-order chi connectivity index (χ1) is 10.1. The summed E-state index contributed by atoms with van der Waals surface area (Å²) in [6, 6.07) is 10.5. The summed E-state index contributed by atoms with van der Waals surface area (Å²) in [4.78, 5) is 12.1. The van der Waals surface area contributed by atoms with Gasteiger partial charge in [0.2, 0.25) is 0 Å². The van der Waals surface area contributed by atoms with E-state index in [0.717, 1.165) is 24.8 Å². The number of aryl methyl sites for hydroxylation is 1. The minimum absolute atomic E-state index is 0.247. The lowest BCUT2D eigenvalue weighted by Crippen LogP contribution is -2.00. The van der Waals surface area contributed by atoms with Gasteiger partial charge in [-0.3, -0.25) is 0 Å². The molecule has 0 spiro atoms. The third-order valence-corrected chi connectivity index (χ3v) is 3.98. The van der Waals surface area contributed by atoms with Crippen molar-refractivity contribution in [2.75, 3.05) is 7.11 Å². The summed E-state index contributed by atoms with van der Waals surface area (Å²) in [5.41, 5.74) is 5.37. The quantitative estimate of drug-likeness (QED) is 0.719. The van der Waals surface area contributed by atoms with Crippen molar-refractivity contribution >= 4 is 5.97 Å². The van der Waals surface area contributed by atoms with Gasteiger partial charge in [0, 0.05) is 0 Å². The molecule has 0 aromatic rings. The molecule has 0 saturated heterocycles. The van der Waals surface area contributed by atoms with Crippen LogP contribution >= 0.6 is 0 Å². The van der Waals surface area contributed by atoms with E-state index < -0.39 is 0 Å². The Morgan fingerprint density at radius 1 is 1.19 bits per heavy atom. The van der Waals surface area contributed by atoms with E-state index in [2.05, 4.69) is 45.0 Å². The van der Waals surface area contributed by atoms with Gasteiger partial charge in [-0.15, -0.1) is 0 Å². The number of rotatable bonds is 5. The van der Waals surface area contributed by atoms with E-state index in [1.165, 1.54) is 23.8 Å². The van der Waals surface area contributed by atoms with Gasteiger partial charge in [-0.05, 0) is 47.1 Å².